The Morgan fingerprint density at radius 3 is 2.72 bits per heavy atom. The highest BCUT2D eigenvalue weighted by Gasteiger charge is 2.28. The predicted octanol–water partition coefficient (Wildman–Crippen LogP) is 1.29. The molecule has 1 aliphatic rings. The van der Waals surface area contributed by atoms with Crippen LogP contribution in [0.15, 0.2) is 24.4 Å². The van der Waals surface area contributed by atoms with Gasteiger partial charge in [-0.2, -0.15) is 0 Å². The number of nitrogens with one attached hydrogen (secondary N) is 3. The molecule has 2 atom stereocenters. The Morgan fingerprint density at radius 1 is 1.19 bits per heavy atom. The summed E-state index contributed by atoms with van der Waals surface area (Å²) in [6.07, 6.45) is 2.34. The van der Waals surface area contributed by atoms with Crippen molar-refractivity contribution in [3.8, 4) is 5.75 Å². The molecule has 10 nitrogen and oxygen atoms in total. The van der Waals surface area contributed by atoms with E-state index >= 15 is 0 Å². The fourth-order valence-electron chi connectivity index (χ4n) is 3.19. The second-order valence-electron chi connectivity index (χ2n) is 7.96. The summed E-state index contributed by atoms with van der Waals surface area (Å²) in [6, 6.07) is 3.06. The molecular formula is C21H27ClN6O4. The normalized spacial score (nSPS) is 20.8. The molecule has 172 valence electrons. The van der Waals surface area contributed by atoms with E-state index in [9.17, 15) is 14.4 Å². The summed E-state index contributed by atoms with van der Waals surface area (Å²) in [6.45, 7) is 6.25. The summed E-state index contributed by atoms with van der Waals surface area (Å²) in [7, 11) is 0. The molecule has 1 aromatic heterocycles. The molecular weight excluding hydrogens is 436 g/mol. The summed E-state index contributed by atoms with van der Waals surface area (Å²) in [4.78, 5) is 38.2. The van der Waals surface area contributed by atoms with Gasteiger partial charge >= 0.3 is 0 Å². The first-order chi connectivity index (χ1) is 15.2. The van der Waals surface area contributed by atoms with E-state index < -0.39 is 23.9 Å². The van der Waals surface area contributed by atoms with E-state index in [2.05, 4.69) is 26.3 Å². The van der Waals surface area contributed by atoms with E-state index in [1.54, 1.807) is 36.0 Å². The zero-order chi connectivity index (χ0) is 23.3. The van der Waals surface area contributed by atoms with Crippen LogP contribution < -0.4 is 20.7 Å². The number of amides is 3. The second kappa shape index (κ2) is 10.4. The number of fused-ring (bicyclic) bond motifs is 3. The number of benzene rings is 1. The van der Waals surface area contributed by atoms with Crippen LogP contribution in [-0.4, -0.2) is 51.4 Å². The number of rotatable bonds is 1. The molecule has 11 heteroatoms. The van der Waals surface area contributed by atoms with E-state index in [1.807, 2.05) is 13.8 Å². The van der Waals surface area contributed by atoms with Crippen LogP contribution in [0, 0.1) is 5.92 Å². The molecule has 3 N–H and O–H groups in total. The Hall–Kier alpha value is -3.14. The van der Waals surface area contributed by atoms with Crippen LogP contribution >= 0.6 is 11.6 Å². The van der Waals surface area contributed by atoms with Crippen LogP contribution in [-0.2, 0) is 22.7 Å². The van der Waals surface area contributed by atoms with E-state index in [0.29, 0.717) is 36.0 Å². The summed E-state index contributed by atoms with van der Waals surface area (Å²) in [5.41, 5.74) is 0.867. The van der Waals surface area contributed by atoms with Crippen LogP contribution in [0.2, 0.25) is 5.02 Å². The lowest BCUT2D eigenvalue weighted by Crippen LogP contribution is -2.54. The monoisotopic (exact) mass is 462 g/mol. The molecule has 0 aliphatic carbocycles. The van der Waals surface area contributed by atoms with E-state index in [-0.39, 0.29) is 23.9 Å². The van der Waals surface area contributed by atoms with Crippen molar-refractivity contribution in [1.82, 2.24) is 30.9 Å². The number of ether oxygens (including phenoxy) is 1. The van der Waals surface area contributed by atoms with Crippen molar-refractivity contribution >= 4 is 29.3 Å². The van der Waals surface area contributed by atoms with Crippen LogP contribution in [0.5, 0.6) is 5.75 Å². The van der Waals surface area contributed by atoms with Gasteiger partial charge in [-0.05, 0) is 31.0 Å². The van der Waals surface area contributed by atoms with E-state index in [1.165, 1.54) is 0 Å². The largest absolute Gasteiger partial charge is 0.493 e. The smallest absolute Gasteiger partial charge is 0.255 e. The molecule has 2 heterocycles. The Morgan fingerprint density at radius 2 is 1.97 bits per heavy atom. The van der Waals surface area contributed by atoms with Gasteiger partial charge in [0.2, 0.25) is 11.8 Å². The number of aromatic nitrogens is 3. The van der Waals surface area contributed by atoms with Crippen molar-refractivity contribution in [3.63, 3.8) is 0 Å². The molecule has 0 unspecified atom stereocenters. The first kappa shape index (κ1) is 23.5. The lowest BCUT2D eigenvalue weighted by atomic mass is 10.0. The highest BCUT2D eigenvalue weighted by atomic mass is 35.5. The maximum atomic E-state index is 13.0. The topological polar surface area (TPSA) is 127 Å². The summed E-state index contributed by atoms with van der Waals surface area (Å²) < 4.78 is 7.47. The zero-order valence-corrected chi connectivity index (χ0v) is 19.0. The van der Waals surface area contributed by atoms with Crippen molar-refractivity contribution in [2.45, 2.75) is 52.4 Å². The number of halogens is 1. The highest BCUT2D eigenvalue weighted by molar-refractivity contribution is 6.30. The summed E-state index contributed by atoms with van der Waals surface area (Å²) in [5.74, 6) is -1.18. The first-order valence-electron chi connectivity index (χ1n) is 10.4. The summed E-state index contributed by atoms with van der Waals surface area (Å²) >= 11 is 6.10. The Balaban J connectivity index is 1.88. The molecule has 32 heavy (non-hydrogen) atoms. The molecule has 0 radical (unpaired) electrons. The van der Waals surface area contributed by atoms with Gasteiger partial charge in [-0.25, -0.2) is 0 Å². The summed E-state index contributed by atoms with van der Waals surface area (Å²) in [5, 5.41) is 16.6. The van der Waals surface area contributed by atoms with Gasteiger partial charge in [-0.1, -0.05) is 30.7 Å². The predicted molar refractivity (Wildman–Crippen MR) is 117 cm³/mol. The van der Waals surface area contributed by atoms with Crippen LogP contribution in [0.25, 0.3) is 0 Å². The Bertz CT molecular complexity index is 992. The third-order valence-corrected chi connectivity index (χ3v) is 5.23. The van der Waals surface area contributed by atoms with Gasteiger partial charge in [-0.3, -0.25) is 19.1 Å². The van der Waals surface area contributed by atoms with Gasteiger partial charge in [0.25, 0.3) is 5.91 Å². The molecule has 3 rings (SSSR count). The van der Waals surface area contributed by atoms with Gasteiger partial charge in [0, 0.05) is 18.0 Å². The number of hydrogen-bond acceptors (Lipinski definition) is 6. The molecule has 1 aromatic carbocycles. The molecule has 0 fully saturated rings. The fourth-order valence-corrected chi connectivity index (χ4v) is 3.36. The second-order valence-corrected chi connectivity index (χ2v) is 8.40. The molecule has 3 amide bonds. The number of carbonyl (C=O) groups excluding carboxylic acids is 3. The maximum absolute atomic E-state index is 13.0. The average Bonchev–Trinajstić information content (AvgIpc) is 3.20. The first-order valence-corrected chi connectivity index (χ1v) is 10.8. The maximum Gasteiger partial charge on any atom is 0.255 e. The number of nitrogens with zero attached hydrogens (tertiary/aromatic N) is 3. The van der Waals surface area contributed by atoms with E-state index in [0.717, 1.165) is 0 Å². The van der Waals surface area contributed by atoms with Crippen LogP contribution in [0.4, 0.5) is 0 Å². The fraction of sp³-hybridized carbons (Fsp3) is 0.476. The number of aryl methyl sites for hydroxylation is 1. The highest BCUT2D eigenvalue weighted by Crippen LogP contribution is 2.24. The minimum absolute atomic E-state index is 0.186. The standard InChI is InChI=1S/C21H27ClN6O4/c1-12(2)18-21(31)24-13(3)19(29)23-10-15-11-28(27-26-15)7-4-8-32-17-9-14(22)5-6-16(17)20(30)25-18/h5-6,9,11-13,18H,4,7-8,10H2,1-3H3,(H,23,29)(H,24,31)(H,25,30)/t13-,18-/m1/s1. The van der Waals surface area contributed by atoms with Crippen molar-refractivity contribution in [1.29, 1.82) is 0 Å². The van der Waals surface area contributed by atoms with Gasteiger partial charge in [0.1, 0.15) is 23.5 Å². The van der Waals surface area contributed by atoms with Gasteiger partial charge in [0.05, 0.1) is 24.9 Å². The molecule has 0 saturated carbocycles. The van der Waals surface area contributed by atoms with Crippen molar-refractivity contribution < 1.29 is 19.1 Å². The minimum atomic E-state index is -0.847. The third-order valence-electron chi connectivity index (χ3n) is 5.00. The van der Waals surface area contributed by atoms with Crippen molar-refractivity contribution in [2.75, 3.05) is 6.61 Å². The van der Waals surface area contributed by atoms with Crippen molar-refractivity contribution in [3.05, 3.63) is 40.7 Å². The van der Waals surface area contributed by atoms with Gasteiger partial charge in [0.15, 0.2) is 0 Å². The average molecular weight is 463 g/mol. The molecule has 2 aromatic rings. The lowest BCUT2D eigenvalue weighted by Gasteiger charge is -2.24. The quantitative estimate of drug-likeness (QED) is 0.586. The Kier molecular flexibility index (Phi) is 7.68. The molecule has 1 aliphatic heterocycles. The lowest BCUT2D eigenvalue weighted by molar-refractivity contribution is -0.130. The molecule has 0 spiro atoms. The van der Waals surface area contributed by atoms with Crippen LogP contribution in [0.3, 0.4) is 0 Å². The van der Waals surface area contributed by atoms with Crippen LogP contribution in [0.1, 0.15) is 43.2 Å². The SMILES string of the molecule is CC(C)[C@H]1NC(=O)c2ccc(Cl)cc2OCCCn2cc(nn2)CNC(=O)[C@@H](C)NC1=O. The van der Waals surface area contributed by atoms with Gasteiger partial charge in [-0.15, -0.1) is 5.10 Å². The van der Waals surface area contributed by atoms with E-state index in [4.69, 9.17) is 16.3 Å². The number of hydrogen-bond donors (Lipinski definition) is 3. The van der Waals surface area contributed by atoms with Crippen molar-refractivity contribution in [2.24, 2.45) is 5.92 Å². The number of carbonyl (C=O) groups is 3. The third kappa shape index (κ3) is 5.97. The minimum Gasteiger partial charge on any atom is -0.493 e. The molecule has 0 saturated heterocycles. The van der Waals surface area contributed by atoms with Gasteiger partial charge < -0.3 is 20.7 Å². The Labute approximate surface area is 191 Å². The molecule has 2 bridgehead atoms. The zero-order valence-electron chi connectivity index (χ0n) is 18.2.